The van der Waals surface area contributed by atoms with Crippen molar-refractivity contribution in [1.82, 2.24) is 15.0 Å². The zero-order chi connectivity index (χ0) is 31.7. The molecule has 2 heterocycles. The fourth-order valence-electron chi connectivity index (χ4n) is 5.89. The van der Waals surface area contributed by atoms with Crippen molar-refractivity contribution in [2.24, 2.45) is 0 Å². The minimum Gasteiger partial charge on any atom is -0.455 e. The molecule has 0 radical (unpaired) electrons. The summed E-state index contributed by atoms with van der Waals surface area (Å²) in [6.07, 6.45) is 0. The van der Waals surface area contributed by atoms with Gasteiger partial charge in [-0.05, 0) is 59.2 Å². The molecule has 0 aliphatic heterocycles. The molecule has 0 saturated heterocycles. The minimum atomic E-state index is 0.537. The Hall–Kier alpha value is -6.89. The molecular formula is C41H23N5O. The Labute approximate surface area is 270 Å². The van der Waals surface area contributed by atoms with Gasteiger partial charge in [0.25, 0.3) is 0 Å². The van der Waals surface area contributed by atoms with Gasteiger partial charge in [0.15, 0.2) is 17.5 Å². The Kier molecular flexibility index (Phi) is 6.80. The zero-order valence-corrected chi connectivity index (χ0v) is 24.9. The topological polar surface area (TPSA) is 99.4 Å². The van der Waals surface area contributed by atoms with Crippen molar-refractivity contribution >= 4 is 21.9 Å². The first kappa shape index (κ1) is 27.6. The van der Waals surface area contributed by atoms with E-state index in [2.05, 4.69) is 24.3 Å². The fraction of sp³-hybridized carbons (Fsp3) is 0. The van der Waals surface area contributed by atoms with E-state index in [0.29, 0.717) is 34.2 Å². The summed E-state index contributed by atoms with van der Waals surface area (Å²) < 4.78 is 6.63. The van der Waals surface area contributed by atoms with Crippen LogP contribution in [0, 0.1) is 22.7 Å². The van der Waals surface area contributed by atoms with Crippen molar-refractivity contribution < 1.29 is 4.42 Å². The Morgan fingerprint density at radius 1 is 0.447 bits per heavy atom. The summed E-state index contributed by atoms with van der Waals surface area (Å²) in [7, 11) is 0. The highest BCUT2D eigenvalue weighted by Crippen LogP contribution is 2.43. The van der Waals surface area contributed by atoms with E-state index in [-0.39, 0.29) is 0 Å². The molecule has 47 heavy (non-hydrogen) atoms. The molecule has 2 aromatic heterocycles. The van der Waals surface area contributed by atoms with Gasteiger partial charge >= 0.3 is 0 Å². The molecule has 0 amide bonds. The SMILES string of the molecule is N#Cc1ccc(-c2cc(-c3ccc(C#N)cc3)c3oc4cccc(-c5nc(-c6ccccc6)nc(-c6ccccc6)n5)c4c3c2)cc1. The molecule has 0 aliphatic carbocycles. The summed E-state index contributed by atoms with van der Waals surface area (Å²) in [5, 5.41) is 20.6. The van der Waals surface area contributed by atoms with Crippen molar-refractivity contribution in [3.8, 4) is 68.6 Å². The lowest BCUT2D eigenvalue weighted by molar-refractivity contribution is 0.670. The number of hydrogen-bond donors (Lipinski definition) is 0. The molecule has 6 nitrogen and oxygen atoms in total. The van der Waals surface area contributed by atoms with Crippen LogP contribution in [0.1, 0.15) is 11.1 Å². The monoisotopic (exact) mass is 601 g/mol. The molecule has 0 unspecified atom stereocenters. The number of benzene rings is 6. The van der Waals surface area contributed by atoms with Crippen LogP contribution >= 0.6 is 0 Å². The van der Waals surface area contributed by atoms with E-state index in [0.717, 1.165) is 55.3 Å². The van der Waals surface area contributed by atoms with Gasteiger partial charge in [0, 0.05) is 33.0 Å². The van der Waals surface area contributed by atoms with Crippen LogP contribution in [0.25, 0.3) is 78.4 Å². The molecule has 0 saturated carbocycles. The fourth-order valence-corrected chi connectivity index (χ4v) is 5.89. The van der Waals surface area contributed by atoms with E-state index in [4.69, 9.17) is 19.4 Å². The molecular weight excluding hydrogens is 578 g/mol. The van der Waals surface area contributed by atoms with Crippen LogP contribution in [-0.4, -0.2) is 15.0 Å². The highest BCUT2D eigenvalue weighted by molar-refractivity contribution is 6.16. The van der Waals surface area contributed by atoms with Gasteiger partial charge in [0.05, 0.1) is 23.3 Å². The molecule has 0 atom stereocenters. The molecule has 218 valence electrons. The number of fused-ring (bicyclic) bond motifs is 3. The first-order valence-corrected chi connectivity index (χ1v) is 15.1. The van der Waals surface area contributed by atoms with Crippen LogP contribution in [0.5, 0.6) is 0 Å². The number of nitriles is 2. The van der Waals surface area contributed by atoms with Crippen molar-refractivity contribution in [3.05, 3.63) is 151 Å². The van der Waals surface area contributed by atoms with Crippen molar-refractivity contribution in [2.45, 2.75) is 0 Å². The van der Waals surface area contributed by atoms with Gasteiger partial charge in [0.1, 0.15) is 11.2 Å². The quantitative estimate of drug-likeness (QED) is 0.195. The van der Waals surface area contributed by atoms with E-state index >= 15 is 0 Å². The summed E-state index contributed by atoms with van der Waals surface area (Å²) >= 11 is 0. The van der Waals surface area contributed by atoms with E-state index in [1.165, 1.54) is 0 Å². The third-order valence-corrected chi connectivity index (χ3v) is 8.21. The molecule has 0 aliphatic rings. The Balaban J connectivity index is 1.42. The van der Waals surface area contributed by atoms with E-state index in [9.17, 15) is 10.5 Å². The lowest BCUT2D eigenvalue weighted by atomic mass is 9.94. The van der Waals surface area contributed by atoms with Gasteiger partial charge in [-0.2, -0.15) is 10.5 Å². The van der Waals surface area contributed by atoms with Crippen molar-refractivity contribution in [3.63, 3.8) is 0 Å². The summed E-state index contributed by atoms with van der Waals surface area (Å²) in [4.78, 5) is 14.9. The maximum absolute atomic E-state index is 9.42. The average molecular weight is 602 g/mol. The largest absolute Gasteiger partial charge is 0.455 e. The maximum Gasteiger partial charge on any atom is 0.164 e. The van der Waals surface area contributed by atoms with Crippen LogP contribution in [0.3, 0.4) is 0 Å². The lowest BCUT2D eigenvalue weighted by Crippen LogP contribution is -2.00. The number of furan rings is 1. The second-order valence-electron chi connectivity index (χ2n) is 11.1. The second kappa shape index (κ2) is 11.6. The molecule has 8 aromatic rings. The highest BCUT2D eigenvalue weighted by atomic mass is 16.3. The molecule has 0 N–H and O–H groups in total. The Morgan fingerprint density at radius 3 is 1.57 bits per heavy atom. The predicted molar refractivity (Wildman–Crippen MR) is 184 cm³/mol. The Bertz CT molecular complexity index is 2450. The summed E-state index contributed by atoms with van der Waals surface area (Å²) in [6.45, 7) is 0. The predicted octanol–water partition coefficient (Wildman–Crippen LogP) is 9.85. The summed E-state index contributed by atoms with van der Waals surface area (Å²) in [5.74, 6) is 1.70. The highest BCUT2D eigenvalue weighted by Gasteiger charge is 2.21. The normalized spacial score (nSPS) is 10.9. The van der Waals surface area contributed by atoms with Crippen LogP contribution in [-0.2, 0) is 0 Å². The second-order valence-corrected chi connectivity index (χ2v) is 11.1. The van der Waals surface area contributed by atoms with Crippen LogP contribution in [0.15, 0.2) is 144 Å². The van der Waals surface area contributed by atoms with Crippen LogP contribution in [0.4, 0.5) is 0 Å². The van der Waals surface area contributed by atoms with Crippen molar-refractivity contribution in [1.29, 1.82) is 10.5 Å². The van der Waals surface area contributed by atoms with Crippen molar-refractivity contribution in [2.75, 3.05) is 0 Å². The van der Waals surface area contributed by atoms with Gasteiger partial charge in [0.2, 0.25) is 0 Å². The first-order chi connectivity index (χ1) is 23.2. The lowest BCUT2D eigenvalue weighted by Gasteiger charge is -2.10. The van der Waals surface area contributed by atoms with E-state index in [1.807, 2.05) is 127 Å². The summed E-state index contributed by atoms with van der Waals surface area (Å²) in [6, 6.07) is 49.4. The molecule has 0 spiro atoms. The van der Waals surface area contributed by atoms with Gasteiger partial charge in [-0.3, -0.25) is 0 Å². The summed E-state index contributed by atoms with van der Waals surface area (Å²) in [5.41, 5.74) is 8.93. The van der Waals surface area contributed by atoms with Crippen LogP contribution < -0.4 is 0 Å². The Morgan fingerprint density at radius 2 is 1.00 bits per heavy atom. The smallest absolute Gasteiger partial charge is 0.164 e. The van der Waals surface area contributed by atoms with E-state index in [1.54, 1.807) is 0 Å². The molecule has 8 rings (SSSR count). The average Bonchev–Trinajstić information content (AvgIpc) is 3.54. The number of rotatable bonds is 5. The number of nitrogens with zero attached hydrogens (tertiary/aromatic N) is 5. The van der Waals surface area contributed by atoms with Gasteiger partial charge in [-0.25, -0.2) is 15.0 Å². The molecule has 0 bridgehead atoms. The van der Waals surface area contributed by atoms with E-state index < -0.39 is 0 Å². The molecule has 6 aromatic carbocycles. The number of aromatic nitrogens is 3. The zero-order valence-electron chi connectivity index (χ0n) is 24.9. The molecule has 0 fully saturated rings. The third kappa shape index (κ3) is 5.07. The first-order valence-electron chi connectivity index (χ1n) is 15.1. The molecule has 6 heteroatoms. The maximum atomic E-state index is 9.42. The number of hydrogen-bond acceptors (Lipinski definition) is 6. The van der Waals surface area contributed by atoms with Gasteiger partial charge in [-0.1, -0.05) is 97.1 Å². The van der Waals surface area contributed by atoms with Gasteiger partial charge in [-0.15, -0.1) is 0 Å². The minimum absolute atomic E-state index is 0.537. The standard InChI is InChI=1S/C41H23N5O/c42-24-26-14-18-28(19-15-26)32-22-34(29-20-16-27(25-43)17-21-29)38-35(23-32)37-33(12-7-13-36(37)47-38)41-45-39(30-8-3-1-4-9-30)44-40(46-41)31-10-5-2-6-11-31/h1-23H. The van der Waals surface area contributed by atoms with Gasteiger partial charge < -0.3 is 4.42 Å². The van der Waals surface area contributed by atoms with Crippen LogP contribution in [0.2, 0.25) is 0 Å². The third-order valence-electron chi connectivity index (χ3n) is 8.21.